The zero-order chi connectivity index (χ0) is 20.4. The number of rotatable bonds is 6. The van der Waals surface area contributed by atoms with Crippen molar-refractivity contribution in [1.29, 1.82) is 0 Å². The molecule has 0 radical (unpaired) electrons. The number of hydrogen-bond donors (Lipinski definition) is 0. The van der Waals surface area contributed by atoms with Gasteiger partial charge in [-0.25, -0.2) is 9.67 Å². The molecule has 0 saturated carbocycles. The maximum Gasteiger partial charge on any atom is 0.277 e. The van der Waals surface area contributed by atoms with Gasteiger partial charge >= 0.3 is 0 Å². The van der Waals surface area contributed by atoms with E-state index in [1.165, 1.54) is 16.0 Å². The summed E-state index contributed by atoms with van der Waals surface area (Å²) < 4.78 is 6.88. The third kappa shape index (κ3) is 3.86. The van der Waals surface area contributed by atoms with Crippen LogP contribution >= 0.6 is 11.3 Å². The van der Waals surface area contributed by atoms with Gasteiger partial charge < -0.3 is 4.74 Å². The number of aromatic nitrogens is 3. The van der Waals surface area contributed by atoms with Gasteiger partial charge in [-0.2, -0.15) is 5.10 Å². The topological polar surface area (TPSA) is 60.2 Å². The second kappa shape index (κ2) is 8.24. The van der Waals surface area contributed by atoms with E-state index in [0.717, 1.165) is 33.3 Å². The van der Waals surface area contributed by atoms with Crippen LogP contribution in [0.3, 0.4) is 0 Å². The molecule has 0 saturated heterocycles. The molecule has 0 fully saturated rings. The van der Waals surface area contributed by atoms with Crippen molar-refractivity contribution in [3.63, 3.8) is 0 Å². The Morgan fingerprint density at radius 1 is 1.29 bits per heavy atom. The minimum Gasteiger partial charge on any atom is -0.496 e. The molecule has 0 aliphatic rings. The van der Waals surface area contributed by atoms with Gasteiger partial charge in [-0.15, -0.1) is 11.3 Å². The largest absolute Gasteiger partial charge is 0.496 e. The van der Waals surface area contributed by atoms with Crippen LogP contribution in [0, 0.1) is 13.8 Å². The minimum absolute atomic E-state index is 0.111. The minimum atomic E-state index is -0.111. The van der Waals surface area contributed by atoms with Crippen LogP contribution in [0.25, 0.3) is 10.6 Å². The number of methoxy groups -OCH3 is 1. The van der Waals surface area contributed by atoms with E-state index >= 15 is 0 Å². The summed E-state index contributed by atoms with van der Waals surface area (Å²) in [7, 11) is 5.43. The molecule has 0 spiro atoms. The zero-order valence-electron chi connectivity index (χ0n) is 17.2. The molecule has 0 amide bonds. The SMILES string of the molecule is COc1ccccc1[C@@H](C)N(C)Cc1csc(-c2c(C)c(C)nn(C)c2=O)n1. The first-order valence-electron chi connectivity index (χ1n) is 9.16. The number of ether oxygens (including phenoxy) is 1. The van der Waals surface area contributed by atoms with Gasteiger partial charge in [0.2, 0.25) is 0 Å². The second-order valence-corrected chi connectivity index (χ2v) is 7.85. The van der Waals surface area contributed by atoms with Gasteiger partial charge in [0.25, 0.3) is 5.56 Å². The Kier molecular flexibility index (Phi) is 5.96. The van der Waals surface area contributed by atoms with E-state index in [9.17, 15) is 4.79 Å². The lowest BCUT2D eigenvalue weighted by molar-refractivity contribution is 0.245. The third-order valence-electron chi connectivity index (χ3n) is 5.15. The number of aryl methyl sites for hydroxylation is 2. The fraction of sp³-hybridized carbons (Fsp3) is 0.381. The summed E-state index contributed by atoms with van der Waals surface area (Å²) in [5.74, 6) is 0.882. The Hall–Kier alpha value is -2.51. The average Bonchev–Trinajstić information content (AvgIpc) is 3.14. The van der Waals surface area contributed by atoms with Crippen LogP contribution in [0.2, 0.25) is 0 Å². The van der Waals surface area contributed by atoms with Crippen LogP contribution < -0.4 is 10.3 Å². The summed E-state index contributed by atoms with van der Waals surface area (Å²) in [6.07, 6.45) is 0. The van der Waals surface area contributed by atoms with Gasteiger partial charge in [0, 0.05) is 30.6 Å². The first-order valence-corrected chi connectivity index (χ1v) is 10.0. The maximum atomic E-state index is 12.6. The molecule has 28 heavy (non-hydrogen) atoms. The molecule has 0 bridgehead atoms. The van der Waals surface area contributed by atoms with E-state index in [2.05, 4.69) is 30.0 Å². The summed E-state index contributed by atoms with van der Waals surface area (Å²) in [6, 6.07) is 8.22. The molecule has 2 heterocycles. The number of nitrogens with zero attached hydrogens (tertiary/aromatic N) is 4. The quantitative estimate of drug-likeness (QED) is 0.633. The van der Waals surface area contributed by atoms with E-state index in [4.69, 9.17) is 9.72 Å². The number of benzene rings is 1. The summed E-state index contributed by atoms with van der Waals surface area (Å²) in [6.45, 7) is 6.67. The van der Waals surface area contributed by atoms with E-state index in [-0.39, 0.29) is 11.6 Å². The highest BCUT2D eigenvalue weighted by molar-refractivity contribution is 7.13. The summed E-state index contributed by atoms with van der Waals surface area (Å²) in [5.41, 5.74) is 4.35. The molecule has 0 unspecified atom stereocenters. The molecule has 7 heteroatoms. The highest BCUT2D eigenvalue weighted by atomic mass is 32.1. The van der Waals surface area contributed by atoms with E-state index in [1.807, 2.05) is 37.4 Å². The smallest absolute Gasteiger partial charge is 0.277 e. The van der Waals surface area contributed by atoms with Crippen LogP contribution in [0.1, 0.15) is 35.5 Å². The first kappa shape index (κ1) is 20.2. The molecule has 1 aromatic carbocycles. The van der Waals surface area contributed by atoms with Crippen LogP contribution in [0.5, 0.6) is 5.75 Å². The highest BCUT2D eigenvalue weighted by Gasteiger charge is 2.19. The van der Waals surface area contributed by atoms with Gasteiger partial charge in [-0.3, -0.25) is 9.69 Å². The van der Waals surface area contributed by atoms with Crippen molar-refractivity contribution in [3.8, 4) is 16.3 Å². The number of hydrogen-bond acceptors (Lipinski definition) is 6. The lowest BCUT2D eigenvalue weighted by Crippen LogP contribution is -2.24. The Balaban J connectivity index is 1.85. The van der Waals surface area contributed by atoms with Gasteiger partial charge in [-0.05, 0) is 39.4 Å². The van der Waals surface area contributed by atoms with Crippen LogP contribution in [-0.2, 0) is 13.6 Å². The van der Waals surface area contributed by atoms with Crippen molar-refractivity contribution in [1.82, 2.24) is 19.7 Å². The normalized spacial score (nSPS) is 12.4. The summed E-state index contributed by atoms with van der Waals surface area (Å²) in [4.78, 5) is 19.5. The lowest BCUT2D eigenvalue weighted by atomic mass is 10.1. The lowest BCUT2D eigenvalue weighted by Gasteiger charge is -2.25. The van der Waals surface area contributed by atoms with E-state index < -0.39 is 0 Å². The predicted molar refractivity (Wildman–Crippen MR) is 113 cm³/mol. The van der Waals surface area contributed by atoms with Crippen molar-refractivity contribution in [2.45, 2.75) is 33.4 Å². The molecule has 2 aromatic heterocycles. The molecular formula is C21H26N4O2S. The molecule has 0 N–H and O–H groups in total. The number of para-hydroxylation sites is 1. The van der Waals surface area contributed by atoms with Crippen LogP contribution in [-0.4, -0.2) is 33.8 Å². The predicted octanol–water partition coefficient (Wildman–Crippen LogP) is 3.72. The molecule has 6 nitrogen and oxygen atoms in total. The monoisotopic (exact) mass is 398 g/mol. The van der Waals surface area contributed by atoms with E-state index in [1.54, 1.807) is 14.2 Å². The Morgan fingerprint density at radius 2 is 2.00 bits per heavy atom. The van der Waals surface area contributed by atoms with Crippen LogP contribution in [0.4, 0.5) is 0 Å². The van der Waals surface area contributed by atoms with Gasteiger partial charge in [0.1, 0.15) is 10.8 Å². The zero-order valence-corrected chi connectivity index (χ0v) is 18.0. The second-order valence-electron chi connectivity index (χ2n) is 6.99. The Bertz CT molecular complexity index is 1040. The fourth-order valence-corrected chi connectivity index (χ4v) is 4.14. The Morgan fingerprint density at radius 3 is 2.71 bits per heavy atom. The molecule has 148 valence electrons. The molecule has 0 aliphatic carbocycles. The van der Waals surface area contributed by atoms with Crippen molar-refractivity contribution >= 4 is 11.3 Å². The van der Waals surface area contributed by atoms with Crippen molar-refractivity contribution in [3.05, 3.63) is 62.5 Å². The highest BCUT2D eigenvalue weighted by Crippen LogP contribution is 2.30. The van der Waals surface area contributed by atoms with Gasteiger partial charge in [-0.1, -0.05) is 18.2 Å². The van der Waals surface area contributed by atoms with Gasteiger partial charge in [0.15, 0.2) is 0 Å². The maximum absolute atomic E-state index is 12.6. The average molecular weight is 399 g/mol. The third-order valence-corrected chi connectivity index (χ3v) is 6.06. The molecule has 0 aliphatic heterocycles. The molecule has 3 rings (SSSR count). The van der Waals surface area contributed by atoms with Crippen molar-refractivity contribution in [2.24, 2.45) is 7.05 Å². The summed E-state index contributed by atoms with van der Waals surface area (Å²) in [5, 5.41) is 7.02. The first-order chi connectivity index (χ1) is 13.3. The van der Waals surface area contributed by atoms with Crippen molar-refractivity contribution in [2.75, 3.05) is 14.2 Å². The molecule has 3 aromatic rings. The van der Waals surface area contributed by atoms with Gasteiger partial charge in [0.05, 0.1) is 24.1 Å². The molecular weight excluding hydrogens is 372 g/mol. The fourth-order valence-electron chi connectivity index (χ4n) is 3.24. The van der Waals surface area contributed by atoms with Crippen molar-refractivity contribution < 1.29 is 4.74 Å². The van der Waals surface area contributed by atoms with E-state index in [0.29, 0.717) is 12.1 Å². The summed E-state index contributed by atoms with van der Waals surface area (Å²) >= 11 is 1.50. The van der Waals surface area contributed by atoms with Crippen LogP contribution in [0.15, 0.2) is 34.4 Å². The standard InChI is InChI=1S/C21H26N4O2S/c1-13-14(2)23-25(5)21(26)19(13)20-22-16(12-28-20)11-24(4)15(3)17-9-7-8-10-18(17)27-6/h7-10,12,15H,11H2,1-6H3/t15-/m1/s1. The Labute approximate surface area is 169 Å². The molecule has 1 atom stereocenters. The number of thiazole rings is 1.